The number of nitrogens with zero attached hydrogens (tertiary/aromatic N) is 1. The number of rotatable bonds is 6. The molecule has 1 saturated heterocycles. The third kappa shape index (κ3) is 4.30. The highest BCUT2D eigenvalue weighted by Crippen LogP contribution is 2.23. The van der Waals surface area contributed by atoms with Crippen LogP contribution in [0.3, 0.4) is 0 Å². The number of piperidine rings is 1. The Labute approximate surface area is 136 Å². The molecule has 1 aromatic heterocycles. The number of carbonyl (C=O) groups is 1. The van der Waals surface area contributed by atoms with Crippen LogP contribution in [0.2, 0.25) is 0 Å². The summed E-state index contributed by atoms with van der Waals surface area (Å²) < 4.78 is 25.8. The van der Waals surface area contributed by atoms with Gasteiger partial charge in [0.2, 0.25) is 15.9 Å². The fourth-order valence-corrected chi connectivity index (χ4v) is 5.06. The van der Waals surface area contributed by atoms with Crippen molar-refractivity contribution in [2.75, 3.05) is 18.8 Å². The van der Waals surface area contributed by atoms with Crippen LogP contribution in [-0.4, -0.2) is 37.5 Å². The number of sulfonamides is 1. The van der Waals surface area contributed by atoms with Gasteiger partial charge in [-0.1, -0.05) is 13.0 Å². The second-order valence-electron chi connectivity index (χ2n) is 5.76. The van der Waals surface area contributed by atoms with E-state index in [4.69, 9.17) is 0 Å². The fourth-order valence-electron chi connectivity index (χ4n) is 2.74. The van der Waals surface area contributed by atoms with Crippen LogP contribution in [-0.2, 0) is 14.8 Å². The van der Waals surface area contributed by atoms with Crippen molar-refractivity contribution in [3.63, 3.8) is 0 Å². The molecule has 0 spiro atoms. The number of thiophene rings is 1. The quantitative estimate of drug-likeness (QED) is 0.861. The van der Waals surface area contributed by atoms with E-state index in [1.54, 1.807) is 11.3 Å². The summed E-state index contributed by atoms with van der Waals surface area (Å²) in [7, 11) is -3.22. The maximum atomic E-state index is 12.4. The number of nitrogens with one attached hydrogen (secondary N) is 1. The molecule has 0 aliphatic carbocycles. The summed E-state index contributed by atoms with van der Waals surface area (Å²) in [5.74, 6) is -0.132. The van der Waals surface area contributed by atoms with Crippen LogP contribution in [0.4, 0.5) is 0 Å². The Bertz CT molecular complexity index is 584. The average Bonchev–Trinajstić information content (AvgIpc) is 3.01. The molecular formula is C15H24N2O3S2. The molecule has 22 heavy (non-hydrogen) atoms. The second-order valence-corrected chi connectivity index (χ2v) is 8.83. The van der Waals surface area contributed by atoms with Crippen LogP contribution < -0.4 is 5.32 Å². The molecule has 0 bridgehead atoms. The number of hydrogen-bond acceptors (Lipinski definition) is 4. The number of amides is 1. The highest BCUT2D eigenvalue weighted by Gasteiger charge is 2.32. The molecule has 1 aromatic rings. The molecule has 1 aliphatic rings. The third-order valence-corrected chi connectivity index (χ3v) is 7.04. The van der Waals surface area contributed by atoms with Crippen molar-refractivity contribution in [1.82, 2.24) is 9.62 Å². The molecule has 7 heteroatoms. The summed E-state index contributed by atoms with van der Waals surface area (Å²) in [6.45, 7) is 4.66. The van der Waals surface area contributed by atoms with Crippen molar-refractivity contribution in [3.05, 3.63) is 22.4 Å². The molecule has 0 aromatic carbocycles. The van der Waals surface area contributed by atoms with Gasteiger partial charge in [-0.2, -0.15) is 0 Å². The molecule has 0 saturated carbocycles. The van der Waals surface area contributed by atoms with Crippen molar-refractivity contribution >= 4 is 27.3 Å². The Morgan fingerprint density at radius 2 is 2.32 bits per heavy atom. The topological polar surface area (TPSA) is 66.5 Å². The summed E-state index contributed by atoms with van der Waals surface area (Å²) >= 11 is 1.61. The second kappa shape index (κ2) is 7.57. The van der Waals surface area contributed by atoms with Crippen molar-refractivity contribution < 1.29 is 13.2 Å². The highest BCUT2D eigenvalue weighted by atomic mass is 32.2. The first kappa shape index (κ1) is 17.4. The zero-order valence-electron chi connectivity index (χ0n) is 13.1. The molecule has 5 nitrogen and oxygen atoms in total. The molecule has 2 heterocycles. The lowest BCUT2D eigenvalue weighted by Gasteiger charge is -2.31. The minimum atomic E-state index is -3.22. The Hall–Kier alpha value is -0.920. The summed E-state index contributed by atoms with van der Waals surface area (Å²) in [6, 6.07) is 3.92. The zero-order chi connectivity index (χ0) is 16.2. The first-order chi connectivity index (χ1) is 10.4. The van der Waals surface area contributed by atoms with E-state index in [0.29, 0.717) is 19.5 Å². The SMILES string of the molecule is CCCS(=O)(=O)N1CCC[C@@H](C(=O)N[C@H](C)c2cccs2)C1. The van der Waals surface area contributed by atoms with Crippen molar-refractivity contribution in [1.29, 1.82) is 0 Å². The van der Waals surface area contributed by atoms with E-state index < -0.39 is 10.0 Å². The standard InChI is InChI=1S/C15H24N2O3S2/c1-3-10-22(19,20)17-8-4-6-13(11-17)15(18)16-12(2)14-7-5-9-21-14/h5,7,9,12-13H,3-4,6,8,10-11H2,1-2H3,(H,16,18)/t12-,13-/m1/s1. The Balaban J connectivity index is 1.95. The Morgan fingerprint density at radius 1 is 1.55 bits per heavy atom. The fraction of sp³-hybridized carbons (Fsp3) is 0.667. The van der Waals surface area contributed by atoms with Gasteiger partial charge < -0.3 is 5.32 Å². The molecule has 0 unspecified atom stereocenters. The largest absolute Gasteiger partial charge is 0.348 e. The van der Waals surface area contributed by atoms with Gasteiger partial charge >= 0.3 is 0 Å². The van der Waals surface area contributed by atoms with Gasteiger partial charge in [-0.3, -0.25) is 4.79 Å². The zero-order valence-corrected chi connectivity index (χ0v) is 14.8. The van der Waals surface area contributed by atoms with E-state index >= 15 is 0 Å². The molecule has 1 aliphatic heterocycles. The molecular weight excluding hydrogens is 320 g/mol. The first-order valence-corrected chi connectivity index (χ1v) is 10.2. The van der Waals surface area contributed by atoms with Crippen LogP contribution in [0.1, 0.15) is 44.0 Å². The first-order valence-electron chi connectivity index (χ1n) is 7.75. The normalized spacial score (nSPS) is 21.5. The molecule has 2 atom stereocenters. The third-order valence-electron chi connectivity index (χ3n) is 3.94. The lowest BCUT2D eigenvalue weighted by atomic mass is 9.98. The van der Waals surface area contributed by atoms with Gasteiger partial charge in [-0.25, -0.2) is 12.7 Å². The lowest BCUT2D eigenvalue weighted by molar-refractivity contribution is -0.126. The molecule has 1 fully saturated rings. The van der Waals surface area contributed by atoms with E-state index in [1.165, 1.54) is 4.31 Å². The van der Waals surface area contributed by atoms with Crippen LogP contribution in [0.25, 0.3) is 0 Å². The minimum absolute atomic E-state index is 0.0323. The summed E-state index contributed by atoms with van der Waals surface area (Å²) in [5, 5.41) is 4.99. The molecule has 2 rings (SSSR count). The van der Waals surface area contributed by atoms with Gasteiger partial charge in [0.05, 0.1) is 17.7 Å². The summed E-state index contributed by atoms with van der Waals surface area (Å²) in [4.78, 5) is 13.5. The molecule has 0 radical (unpaired) electrons. The summed E-state index contributed by atoms with van der Waals surface area (Å²) in [5.41, 5.74) is 0. The predicted octanol–water partition coefficient (Wildman–Crippen LogP) is 2.38. The van der Waals surface area contributed by atoms with Crippen molar-refractivity contribution in [2.45, 2.75) is 39.2 Å². The average molecular weight is 345 g/mol. The highest BCUT2D eigenvalue weighted by molar-refractivity contribution is 7.89. The number of hydrogen-bond donors (Lipinski definition) is 1. The van der Waals surface area contributed by atoms with Crippen LogP contribution >= 0.6 is 11.3 Å². The molecule has 124 valence electrons. The monoisotopic (exact) mass is 344 g/mol. The van der Waals surface area contributed by atoms with E-state index in [9.17, 15) is 13.2 Å². The lowest BCUT2D eigenvalue weighted by Crippen LogP contribution is -2.46. The van der Waals surface area contributed by atoms with E-state index in [2.05, 4.69) is 5.32 Å². The van der Waals surface area contributed by atoms with E-state index in [1.807, 2.05) is 31.4 Å². The van der Waals surface area contributed by atoms with Crippen molar-refractivity contribution in [2.24, 2.45) is 5.92 Å². The van der Waals surface area contributed by atoms with Gasteiger partial charge in [0, 0.05) is 18.0 Å². The van der Waals surface area contributed by atoms with Gasteiger partial charge in [0.1, 0.15) is 0 Å². The Morgan fingerprint density at radius 3 is 2.95 bits per heavy atom. The maximum absolute atomic E-state index is 12.4. The smallest absolute Gasteiger partial charge is 0.224 e. The van der Waals surface area contributed by atoms with Gasteiger partial charge in [0.15, 0.2) is 0 Å². The maximum Gasteiger partial charge on any atom is 0.224 e. The summed E-state index contributed by atoms with van der Waals surface area (Å²) in [6.07, 6.45) is 2.10. The van der Waals surface area contributed by atoms with Crippen molar-refractivity contribution in [3.8, 4) is 0 Å². The Kier molecular flexibility index (Phi) is 6.00. The van der Waals surface area contributed by atoms with Gasteiger partial charge in [0.25, 0.3) is 0 Å². The minimum Gasteiger partial charge on any atom is -0.348 e. The van der Waals surface area contributed by atoms with Crippen LogP contribution in [0.15, 0.2) is 17.5 Å². The van der Waals surface area contributed by atoms with Gasteiger partial charge in [-0.05, 0) is 37.6 Å². The molecule has 1 amide bonds. The van der Waals surface area contributed by atoms with E-state index in [0.717, 1.165) is 17.7 Å². The number of carbonyl (C=O) groups excluding carboxylic acids is 1. The van der Waals surface area contributed by atoms with Crippen LogP contribution in [0, 0.1) is 5.92 Å². The van der Waals surface area contributed by atoms with Gasteiger partial charge in [-0.15, -0.1) is 11.3 Å². The van der Waals surface area contributed by atoms with E-state index in [-0.39, 0.29) is 23.6 Å². The predicted molar refractivity (Wildman–Crippen MR) is 89.3 cm³/mol. The van der Waals surface area contributed by atoms with Crippen LogP contribution in [0.5, 0.6) is 0 Å². The molecule has 1 N–H and O–H groups in total.